The predicted octanol–water partition coefficient (Wildman–Crippen LogP) is 5.28. The van der Waals surface area contributed by atoms with Gasteiger partial charge in [-0.25, -0.2) is 0 Å². The smallest absolute Gasteiger partial charge is 0.114 e. The van der Waals surface area contributed by atoms with Crippen molar-refractivity contribution in [2.45, 2.75) is 26.9 Å². The van der Waals surface area contributed by atoms with Gasteiger partial charge < -0.3 is 5.11 Å². The highest BCUT2D eigenvalue weighted by Gasteiger charge is 2.17. The molecular weight excluding hydrogens is 376 g/mol. The van der Waals surface area contributed by atoms with E-state index in [9.17, 15) is 5.11 Å². The van der Waals surface area contributed by atoms with Gasteiger partial charge in [-0.05, 0) is 50.1 Å². The van der Waals surface area contributed by atoms with Gasteiger partial charge in [0.1, 0.15) is 6.10 Å². The largest absolute Gasteiger partial charge is 0.383 e. The summed E-state index contributed by atoms with van der Waals surface area (Å²) in [6, 6.07) is 6.06. The summed E-state index contributed by atoms with van der Waals surface area (Å²) in [5.74, 6) is 0. The number of rotatable bonds is 2. The molecule has 0 aliphatic carbocycles. The Kier molecular flexibility index (Phi) is 4.32. The summed E-state index contributed by atoms with van der Waals surface area (Å²) in [7, 11) is 0. The lowest BCUT2D eigenvalue weighted by Gasteiger charge is -2.13. The van der Waals surface area contributed by atoms with Crippen molar-refractivity contribution in [3.8, 4) is 0 Å². The summed E-state index contributed by atoms with van der Waals surface area (Å²) in [5.41, 5.74) is 3.28. The van der Waals surface area contributed by atoms with E-state index in [1.165, 1.54) is 10.4 Å². The standard InChI is InChI=1S/C14H14Br2OS/c1-7-5-13(18-9(7)3)14(17)10-6-11(15)8(2)4-12(10)16/h4-6,14,17H,1-3H3. The van der Waals surface area contributed by atoms with Gasteiger partial charge in [0.05, 0.1) is 0 Å². The predicted molar refractivity (Wildman–Crippen MR) is 84.4 cm³/mol. The molecule has 0 aliphatic heterocycles. The van der Waals surface area contributed by atoms with Crippen LogP contribution in [-0.4, -0.2) is 5.11 Å². The highest BCUT2D eigenvalue weighted by molar-refractivity contribution is 9.11. The molecule has 2 rings (SSSR count). The molecule has 1 unspecified atom stereocenters. The zero-order valence-corrected chi connectivity index (χ0v) is 14.4. The second-order valence-electron chi connectivity index (χ2n) is 4.41. The van der Waals surface area contributed by atoms with Crippen LogP contribution >= 0.6 is 43.2 Å². The molecule has 1 atom stereocenters. The molecule has 18 heavy (non-hydrogen) atoms. The first-order valence-electron chi connectivity index (χ1n) is 5.60. The van der Waals surface area contributed by atoms with Crippen LogP contribution in [0.4, 0.5) is 0 Å². The van der Waals surface area contributed by atoms with E-state index in [2.05, 4.69) is 51.8 Å². The number of halogens is 2. The van der Waals surface area contributed by atoms with Gasteiger partial charge in [0.15, 0.2) is 0 Å². The molecule has 0 amide bonds. The Balaban J connectivity index is 2.45. The molecule has 0 spiro atoms. The van der Waals surface area contributed by atoms with Gasteiger partial charge in [-0.1, -0.05) is 31.9 Å². The molecular formula is C14H14Br2OS. The van der Waals surface area contributed by atoms with Crippen LogP contribution in [0.5, 0.6) is 0 Å². The molecule has 1 nitrogen and oxygen atoms in total. The Morgan fingerprint density at radius 2 is 1.67 bits per heavy atom. The third-order valence-electron chi connectivity index (χ3n) is 3.03. The summed E-state index contributed by atoms with van der Waals surface area (Å²) >= 11 is 8.69. The van der Waals surface area contributed by atoms with E-state index < -0.39 is 6.10 Å². The molecule has 0 bridgehead atoms. The van der Waals surface area contributed by atoms with Crippen molar-refractivity contribution in [3.05, 3.63) is 53.6 Å². The van der Waals surface area contributed by atoms with Crippen LogP contribution < -0.4 is 0 Å². The quantitative estimate of drug-likeness (QED) is 0.740. The van der Waals surface area contributed by atoms with Crippen LogP contribution in [0, 0.1) is 20.8 Å². The highest BCUT2D eigenvalue weighted by Crippen LogP contribution is 2.36. The van der Waals surface area contributed by atoms with Gasteiger partial charge in [-0.3, -0.25) is 0 Å². The number of aryl methyl sites for hydroxylation is 3. The first-order chi connectivity index (χ1) is 8.40. The fourth-order valence-electron chi connectivity index (χ4n) is 1.76. The molecule has 0 saturated heterocycles. The number of thiophene rings is 1. The molecule has 0 fully saturated rings. The number of aliphatic hydroxyl groups is 1. The first-order valence-corrected chi connectivity index (χ1v) is 8.01. The third kappa shape index (κ3) is 2.72. The summed E-state index contributed by atoms with van der Waals surface area (Å²) in [6.07, 6.45) is -0.575. The first kappa shape index (κ1) is 14.3. The van der Waals surface area contributed by atoms with E-state index in [0.29, 0.717) is 0 Å². The number of hydrogen-bond donors (Lipinski definition) is 1. The van der Waals surface area contributed by atoms with Crippen LogP contribution in [0.15, 0.2) is 27.1 Å². The highest BCUT2D eigenvalue weighted by atomic mass is 79.9. The minimum atomic E-state index is -0.575. The molecule has 2 aromatic rings. The van der Waals surface area contributed by atoms with Crippen LogP contribution in [0.3, 0.4) is 0 Å². The van der Waals surface area contributed by atoms with Crippen LogP contribution in [0.2, 0.25) is 0 Å². The minimum Gasteiger partial charge on any atom is -0.383 e. The SMILES string of the molecule is Cc1cc(Br)c(C(O)c2cc(C)c(C)s2)cc1Br. The second-order valence-corrected chi connectivity index (χ2v) is 7.41. The van der Waals surface area contributed by atoms with Crippen molar-refractivity contribution < 1.29 is 5.11 Å². The molecule has 1 aromatic carbocycles. The van der Waals surface area contributed by atoms with E-state index in [1.807, 2.05) is 19.1 Å². The lowest BCUT2D eigenvalue weighted by molar-refractivity contribution is 0.223. The third-order valence-corrected chi connectivity index (χ3v) is 5.77. The lowest BCUT2D eigenvalue weighted by Crippen LogP contribution is -1.99. The van der Waals surface area contributed by atoms with Crippen molar-refractivity contribution in [2.24, 2.45) is 0 Å². The Morgan fingerprint density at radius 3 is 2.22 bits per heavy atom. The Bertz CT molecular complexity index is 570. The number of hydrogen-bond acceptors (Lipinski definition) is 2. The molecule has 1 aromatic heterocycles. The van der Waals surface area contributed by atoms with Crippen molar-refractivity contribution in [1.29, 1.82) is 0 Å². The molecule has 4 heteroatoms. The summed E-state index contributed by atoms with van der Waals surface area (Å²) in [5, 5.41) is 10.5. The maximum Gasteiger partial charge on any atom is 0.114 e. The summed E-state index contributed by atoms with van der Waals surface area (Å²) < 4.78 is 1.96. The molecule has 0 saturated carbocycles. The van der Waals surface area contributed by atoms with E-state index in [0.717, 1.165) is 24.9 Å². The zero-order valence-electron chi connectivity index (χ0n) is 10.4. The zero-order chi connectivity index (χ0) is 13.4. The normalized spacial score (nSPS) is 12.8. The topological polar surface area (TPSA) is 20.2 Å². The van der Waals surface area contributed by atoms with E-state index in [1.54, 1.807) is 11.3 Å². The molecule has 96 valence electrons. The molecule has 0 radical (unpaired) electrons. The second kappa shape index (κ2) is 5.45. The maximum absolute atomic E-state index is 10.5. The van der Waals surface area contributed by atoms with Crippen LogP contribution in [0.25, 0.3) is 0 Å². The average Bonchev–Trinajstić information content (AvgIpc) is 2.63. The van der Waals surface area contributed by atoms with Gasteiger partial charge in [-0.2, -0.15) is 0 Å². The Hall–Kier alpha value is -0.160. The van der Waals surface area contributed by atoms with Crippen molar-refractivity contribution in [3.63, 3.8) is 0 Å². The summed E-state index contributed by atoms with van der Waals surface area (Å²) in [4.78, 5) is 2.24. The van der Waals surface area contributed by atoms with Crippen LogP contribution in [-0.2, 0) is 0 Å². The molecule has 0 aliphatic rings. The molecule has 1 heterocycles. The van der Waals surface area contributed by atoms with Crippen LogP contribution in [0.1, 0.15) is 32.5 Å². The molecule has 1 N–H and O–H groups in total. The monoisotopic (exact) mass is 388 g/mol. The van der Waals surface area contributed by atoms with Gasteiger partial charge >= 0.3 is 0 Å². The van der Waals surface area contributed by atoms with Gasteiger partial charge in [-0.15, -0.1) is 11.3 Å². The number of aliphatic hydroxyl groups excluding tert-OH is 1. The van der Waals surface area contributed by atoms with Gasteiger partial charge in [0.2, 0.25) is 0 Å². The lowest BCUT2D eigenvalue weighted by atomic mass is 10.1. The van der Waals surface area contributed by atoms with E-state index >= 15 is 0 Å². The van der Waals surface area contributed by atoms with E-state index in [-0.39, 0.29) is 0 Å². The Labute approximate surface area is 128 Å². The van der Waals surface area contributed by atoms with Gasteiger partial charge in [0.25, 0.3) is 0 Å². The minimum absolute atomic E-state index is 0.575. The number of benzene rings is 1. The maximum atomic E-state index is 10.5. The van der Waals surface area contributed by atoms with Crippen molar-refractivity contribution >= 4 is 43.2 Å². The van der Waals surface area contributed by atoms with Gasteiger partial charge in [0, 0.05) is 24.3 Å². The van der Waals surface area contributed by atoms with E-state index in [4.69, 9.17) is 0 Å². The Morgan fingerprint density at radius 1 is 1.00 bits per heavy atom. The van der Waals surface area contributed by atoms with Crippen molar-refractivity contribution in [2.75, 3.05) is 0 Å². The average molecular weight is 390 g/mol. The fourth-order valence-corrected chi connectivity index (χ4v) is 3.84. The van der Waals surface area contributed by atoms with Crippen molar-refractivity contribution in [1.82, 2.24) is 0 Å². The fraction of sp³-hybridized carbons (Fsp3) is 0.286. The summed E-state index contributed by atoms with van der Waals surface area (Å²) in [6.45, 7) is 6.18.